The van der Waals surface area contributed by atoms with Gasteiger partial charge in [0, 0.05) is 19.2 Å². The first-order valence-corrected chi connectivity index (χ1v) is 7.19. The number of nitrogens with one attached hydrogen (secondary N) is 1. The van der Waals surface area contributed by atoms with E-state index in [-0.39, 0.29) is 0 Å². The lowest BCUT2D eigenvalue weighted by molar-refractivity contribution is 0.141. The van der Waals surface area contributed by atoms with Crippen LogP contribution in [-0.2, 0) is 4.74 Å². The second kappa shape index (κ2) is 7.06. The van der Waals surface area contributed by atoms with E-state index < -0.39 is 0 Å². The van der Waals surface area contributed by atoms with Gasteiger partial charge in [0.25, 0.3) is 0 Å². The molecule has 1 N–H and O–H groups in total. The standard InChI is InChI=1S/C17H29NO/c1-11(2)16(10-19-7)18-15(6)17-13(4)8-12(3)9-14(17)5/h8-9,11,15-16,18H,10H2,1-7H3. The summed E-state index contributed by atoms with van der Waals surface area (Å²) in [5.74, 6) is 0.563. The lowest BCUT2D eigenvalue weighted by Gasteiger charge is -2.28. The van der Waals surface area contributed by atoms with Gasteiger partial charge < -0.3 is 10.1 Å². The summed E-state index contributed by atoms with van der Waals surface area (Å²) in [5.41, 5.74) is 5.51. The smallest absolute Gasteiger partial charge is 0.0618 e. The zero-order chi connectivity index (χ0) is 14.6. The van der Waals surface area contributed by atoms with Crippen LogP contribution in [0.1, 0.15) is 49.1 Å². The van der Waals surface area contributed by atoms with Crippen LogP contribution in [-0.4, -0.2) is 19.8 Å². The van der Waals surface area contributed by atoms with Gasteiger partial charge in [-0.1, -0.05) is 31.5 Å². The van der Waals surface area contributed by atoms with Gasteiger partial charge in [0.2, 0.25) is 0 Å². The van der Waals surface area contributed by atoms with E-state index in [0.29, 0.717) is 18.0 Å². The number of aryl methyl sites for hydroxylation is 3. The van der Waals surface area contributed by atoms with Gasteiger partial charge in [-0.3, -0.25) is 0 Å². The molecule has 108 valence electrons. The van der Waals surface area contributed by atoms with Gasteiger partial charge in [-0.2, -0.15) is 0 Å². The number of rotatable bonds is 6. The summed E-state index contributed by atoms with van der Waals surface area (Å²) >= 11 is 0. The lowest BCUT2D eigenvalue weighted by atomic mass is 9.93. The van der Waals surface area contributed by atoms with E-state index in [9.17, 15) is 0 Å². The molecule has 0 heterocycles. The number of ether oxygens (including phenoxy) is 1. The maximum atomic E-state index is 5.32. The largest absolute Gasteiger partial charge is 0.383 e. The number of hydrogen-bond acceptors (Lipinski definition) is 2. The first kappa shape index (κ1) is 16.2. The minimum Gasteiger partial charge on any atom is -0.383 e. The van der Waals surface area contributed by atoms with Gasteiger partial charge in [-0.25, -0.2) is 0 Å². The zero-order valence-electron chi connectivity index (χ0n) is 13.5. The Kier molecular flexibility index (Phi) is 6.02. The van der Waals surface area contributed by atoms with Crippen molar-refractivity contribution in [1.29, 1.82) is 0 Å². The Labute approximate surface area is 118 Å². The average Bonchev–Trinajstić information content (AvgIpc) is 2.26. The predicted octanol–water partition coefficient (Wildman–Crippen LogP) is 3.93. The SMILES string of the molecule is COCC(NC(C)c1c(C)cc(C)cc1C)C(C)C. The van der Waals surface area contributed by atoms with Crippen LogP contribution in [0, 0.1) is 26.7 Å². The monoisotopic (exact) mass is 263 g/mol. The lowest BCUT2D eigenvalue weighted by Crippen LogP contribution is -2.39. The molecule has 0 aliphatic heterocycles. The van der Waals surface area contributed by atoms with Crippen molar-refractivity contribution in [2.75, 3.05) is 13.7 Å². The van der Waals surface area contributed by atoms with Crippen LogP contribution < -0.4 is 5.32 Å². The van der Waals surface area contributed by atoms with E-state index in [1.54, 1.807) is 7.11 Å². The van der Waals surface area contributed by atoms with E-state index in [0.717, 1.165) is 6.61 Å². The summed E-state index contributed by atoms with van der Waals surface area (Å²) in [6.45, 7) is 14.0. The van der Waals surface area contributed by atoms with Crippen molar-refractivity contribution in [2.45, 2.75) is 53.6 Å². The molecule has 0 aromatic heterocycles. The average molecular weight is 263 g/mol. The molecule has 2 atom stereocenters. The fraction of sp³-hybridized carbons (Fsp3) is 0.647. The molecule has 1 rings (SSSR count). The van der Waals surface area contributed by atoms with E-state index in [1.807, 2.05) is 0 Å². The van der Waals surface area contributed by atoms with Crippen LogP contribution in [0.3, 0.4) is 0 Å². The van der Waals surface area contributed by atoms with Crippen LogP contribution in [0.2, 0.25) is 0 Å². The number of benzene rings is 1. The van der Waals surface area contributed by atoms with Gasteiger partial charge in [-0.15, -0.1) is 0 Å². The first-order valence-electron chi connectivity index (χ1n) is 7.19. The Morgan fingerprint density at radius 2 is 1.58 bits per heavy atom. The van der Waals surface area contributed by atoms with Gasteiger partial charge in [0.15, 0.2) is 0 Å². The third kappa shape index (κ3) is 4.32. The molecule has 2 nitrogen and oxygen atoms in total. The van der Waals surface area contributed by atoms with Crippen LogP contribution in [0.5, 0.6) is 0 Å². The Balaban J connectivity index is 2.91. The van der Waals surface area contributed by atoms with Crippen molar-refractivity contribution in [2.24, 2.45) is 5.92 Å². The van der Waals surface area contributed by atoms with Crippen LogP contribution >= 0.6 is 0 Å². The highest BCUT2D eigenvalue weighted by atomic mass is 16.5. The molecular weight excluding hydrogens is 234 g/mol. The third-order valence-electron chi connectivity index (χ3n) is 3.79. The van der Waals surface area contributed by atoms with Crippen molar-refractivity contribution >= 4 is 0 Å². The van der Waals surface area contributed by atoms with E-state index in [4.69, 9.17) is 4.74 Å². The van der Waals surface area contributed by atoms with Crippen molar-refractivity contribution in [3.05, 3.63) is 34.4 Å². The van der Waals surface area contributed by atoms with E-state index >= 15 is 0 Å². The third-order valence-corrected chi connectivity index (χ3v) is 3.79. The van der Waals surface area contributed by atoms with Gasteiger partial charge >= 0.3 is 0 Å². The highest BCUT2D eigenvalue weighted by Crippen LogP contribution is 2.24. The van der Waals surface area contributed by atoms with E-state index in [1.165, 1.54) is 22.3 Å². The zero-order valence-corrected chi connectivity index (χ0v) is 13.5. The van der Waals surface area contributed by atoms with Crippen molar-refractivity contribution in [3.8, 4) is 0 Å². The second-order valence-electron chi connectivity index (χ2n) is 6.01. The first-order chi connectivity index (χ1) is 8.86. The molecule has 0 saturated carbocycles. The molecule has 0 fully saturated rings. The van der Waals surface area contributed by atoms with Gasteiger partial charge in [0.05, 0.1) is 6.61 Å². The Morgan fingerprint density at radius 3 is 2.00 bits per heavy atom. The Hall–Kier alpha value is -0.860. The number of hydrogen-bond donors (Lipinski definition) is 1. The van der Waals surface area contributed by atoms with Crippen LogP contribution in [0.15, 0.2) is 12.1 Å². The maximum absolute atomic E-state index is 5.32. The quantitative estimate of drug-likeness (QED) is 0.839. The normalized spacial score (nSPS) is 14.7. The van der Waals surface area contributed by atoms with E-state index in [2.05, 4.69) is 59.0 Å². The summed E-state index contributed by atoms with van der Waals surface area (Å²) in [5, 5.41) is 3.71. The van der Waals surface area contributed by atoms with Gasteiger partial charge in [-0.05, 0) is 50.3 Å². The molecule has 1 aromatic rings. The molecule has 0 amide bonds. The molecule has 2 heteroatoms. The molecule has 0 aliphatic carbocycles. The molecule has 2 unspecified atom stereocenters. The summed E-state index contributed by atoms with van der Waals surface area (Å²) < 4.78 is 5.32. The van der Waals surface area contributed by atoms with Gasteiger partial charge in [0.1, 0.15) is 0 Å². The summed E-state index contributed by atoms with van der Waals surface area (Å²) in [7, 11) is 1.77. The Bertz CT molecular complexity index is 389. The Morgan fingerprint density at radius 1 is 1.05 bits per heavy atom. The molecular formula is C17H29NO. The van der Waals surface area contributed by atoms with Crippen LogP contribution in [0.4, 0.5) is 0 Å². The summed E-state index contributed by atoms with van der Waals surface area (Å²) in [6, 6.07) is 5.27. The van der Waals surface area contributed by atoms with Crippen LogP contribution in [0.25, 0.3) is 0 Å². The highest BCUT2D eigenvalue weighted by molar-refractivity contribution is 5.39. The molecule has 0 spiro atoms. The molecule has 0 saturated heterocycles. The highest BCUT2D eigenvalue weighted by Gasteiger charge is 2.19. The number of methoxy groups -OCH3 is 1. The summed E-state index contributed by atoms with van der Waals surface area (Å²) in [6.07, 6.45) is 0. The molecule has 19 heavy (non-hydrogen) atoms. The molecule has 1 aromatic carbocycles. The maximum Gasteiger partial charge on any atom is 0.0618 e. The van der Waals surface area contributed by atoms with Crippen molar-refractivity contribution in [3.63, 3.8) is 0 Å². The fourth-order valence-electron chi connectivity index (χ4n) is 2.89. The topological polar surface area (TPSA) is 21.3 Å². The minimum atomic E-state index is 0.350. The molecule has 0 radical (unpaired) electrons. The van der Waals surface area contributed by atoms with Crippen molar-refractivity contribution < 1.29 is 4.74 Å². The molecule has 0 aliphatic rings. The fourth-order valence-corrected chi connectivity index (χ4v) is 2.89. The molecule has 0 bridgehead atoms. The predicted molar refractivity (Wildman–Crippen MR) is 82.7 cm³/mol. The second-order valence-corrected chi connectivity index (χ2v) is 6.01. The summed E-state index contributed by atoms with van der Waals surface area (Å²) in [4.78, 5) is 0. The van der Waals surface area contributed by atoms with Crippen molar-refractivity contribution in [1.82, 2.24) is 5.32 Å². The minimum absolute atomic E-state index is 0.350.